The predicted octanol–water partition coefficient (Wildman–Crippen LogP) is 14.9. The lowest BCUT2D eigenvalue weighted by atomic mass is 10.0. The zero-order valence-electron chi connectivity index (χ0n) is 40.8. The standard InChI is InChI=1S/C52H99O10P/c1-3-5-7-9-11-13-15-17-19-21-23-24-26-28-30-32-34-36-38-40-42-44-52(56)62-50(46-54)48-60-63(57,58)59-47-49(45-53)61-51(55)43-41-39-37-35-33-31-29-27-25-22-20-18-16-14-12-10-8-6-4-2/h12,14,18,20,49-50,53-54H,3-11,13,15-17,19,21-48H2,1-2H3,(H,57,58)/b14-12-,20-18-. The van der Waals surface area contributed by atoms with Gasteiger partial charge in [-0.3, -0.25) is 18.6 Å². The number of aliphatic hydroxyl groups is 2. The van der Waals surface area contributed by atoms with E-state index in [1.165, 1.54) is 167 Å². The normalized spacial score (nSPS) is 13.8. The van der Waals surface area contributed by atoms with Gasteiger partial charge in [-0.25, -0.2) is 4.57 Å². The molecule has 0 amide bonds. The molecule has 0 spiro atoms. The fraction of sp³-hybridized carbons (Fsp3) is 0.885. The summed E-state index contributed by atoms with van der Waals surface area (Å²) in [5, 5.41) is 19.3. The number of carbonyl (C=O) groups excluding carboxylic acids is 2. The molecule has 0 radical (unpaired) electrons. The highest BCUT2D eigenvalue weighted by Gasteiger charge is 2.27. The Hall–Kier alpha value is -1.55. The molecule has 0 rings (SSSR count). The van der Waals surface area contributed by atoms with Gasteiger partial charge in [0.15, 0.2) is 0 Å². The van der Waals surface area contributed by atoms with Gasteiger partial charge in [0.2, 0.25) is 0 Å². The van der Waals surface area contributed by atoms with Crippen molar-refractivity contribution in [2.75, 3.05) is 26.4 Å². The molecule has 0 aromatic carbocycles. The number of aliphatic hydroxyl groups excluding tert-OH is 2. The van der Waals surface area contributed by atoms with Crippen molar-refractivity contribution in [2.45, 2.75) is 270 Å². The molecule has 0 aliphatic carbocycles. The number of phosphoric ester groups is 1. The Labute approximate surface area is 387 Å². The Kier molecular flexibility index (Phi) is 47.2. The van der Waals surface area contributed by atoms with E-state index in [1.807, 2.05) is 0 Å². The number of allylic oxidation sites excluding steroid dienone is 4. The van der Waals surface area contributed by atoms with Crippen LogP contribution in [-0.4, -0.2) is 65.7 Å². The van der Waals surface area contributed by atoms with Crippen molar-refractivity contribution in [3.05, 3.63) is 24.3 Å². The van der Waals surface area contributed by atoms with Crippen LogP contribution in [0.25, 0.3) is 0 Å². The van der Waals surface area contributed by atoms with Crippen LogP contribution < -0.4 is 0 Å². The van der Waals surface area contributed by atoms with Gasteiger partial charge in [0.05, 0.1) is 26.4 Å². The van der Waals surface area contributed by atoms with Crippen molar-refractivity contribution in [3.63, 3.8) is 0 Å². The van der Waals surface area contributed by atoms with Crippen LogP contribution >= 0.6 is 7.82 Å². The summed E-state index contributed by atoms with van der Waals surface area (Å²) in [6.45, 7) is 2.24. The summed E-state index contributed by atoms with van der Waals surface area (Å²) in [6, 6.07) is 0. The lowest BCUT2D eigenvalue weighted by molar-refractivity contribution is -0.153. The van der Waals surface area contributed by atoms with Crippen LogP contribution in [0.3, 0.4) is 0 Å². The highest BCUT2D eigenvalue weighted by Crippen LogP contribution is 2.43. The predicted molar refractivity (Wildman–Crippen MR) is 261 cm³/mol. The molecule has 0 fully saturated rings. The van der Waals surface area contributed by atoms with Gasteiger partial charge in [-0.15, -0.1) is 0 Å². The van der Waals surface area contributed by atoms with Gasteiger partial charge in [-0.2, -0.15) is 0 Å². The van der Waals surface area contributed by atoms with Crippen LogP contribution in [0.15, 0.2) is 24.3 Å². The molecule has 0 aliphatic rings. The maximum Gasteiger partial charge on any atom is 0.472 e. The van der Waals surface area contributed by atoms with Crippen LogP contribution in [0, 0.1) is 0 Å². The summed E-state index contributed by atoms with van der Waals surface area (Å²) in [7, 11) is -4.64. The van der Waals surface area contributed by atoms with Crippen molar-refractivity contribution in [2.24, 2.45) is 0 Å². The van der Waals surface area contributed by atoms with E-state index in [0.29, 0.717) is 12.8 Å². The quantitative estimate of drug-likeness (QED) is 0.0233. The summed E-state index contributed by atoms with van der Waals surface area (Å²) >= 11 is 0. The van der Waals surface area contributed by atoms with Crippen molar-refractivity contribution in [3.8, 4) is 0 Å². The maximum absolute atomic E-state index is 12.4. The summed E-state index contributed by atoms with van der Waals surface area (Å²) in [6.07, 6.45) is 51.5. The second-order valence-electron chi connectivity index (χ2n) is 17.9. The van der Waals surface area contributed by atoms with E-state index >= 15 is 0 Å². The summed E-state index contributed by atoms with van der Waals surface area (Å²) in [4.78, 5) is 34.7. The van der Waals surface area contributed by atoms with E-state index in [2.05, 4.69) is 38.2 Å². The van der Waals surface area contributed by atoms with E-state index in [1.54, 1.807) is 0 Å². The van der Waals surface area contributed by atoms with Crippen LogP contribution in [0.5, 0.6) is 0 Å². The number of phosphoric acid groups is 1. The van der Waals surface area contributed by atoms with E-state index in [9.17, 15) is 29.3 Å². The molecule has 0 saturated carbocycles. The van der Waals surface area contributed by atoms with Crippen molar-refractivity contribution < 1.29 is 47.8 Å². The highest BCUT2D eigenvalue weighted by atomic mass is 31.2. The molecule has 0 saturated heterocycles. The Morgan fingerprint density at radius 1 is 0.429 bits per heavy atom. The molecule has 0 aromatic heterocycles. The second-order valence-corrected chi connectivity index (χ2v) is 19.3. The zero-order chi connectivity index (χ0) is 46.2. The van der Waals surface area contributed by atoms with Crippen molar-refractivity contribution in [1.82, 2.24) is 0 Å². The lowest BCUT2D eigenvalue weighted by Crippen LogP contribution is -2.28. The molecule has 11 heteroatoms. The number of rotatable bonds is 50. The SMILES string of the molecule is CCCCC/C=C\C/C=C\CCCCCCCCCCCC(=O)OC(CO)COP(=O)(O)OCC(CO)OC(=O)CCCCCCCCCCCCCCCCCCCCCCC. The zero-order valence-corrected chi connectivity index (χ0v) is 41.7. The average Bonchev–Trinajstić information content (AvgIpc) is 3.27. The molecule has 63 heavy (non-hydrogen) atoms. The van der Waals surface area contributed by atoms with Crippen LogP contribution in [0.4, 0.5) is 0 Å². The topological polar surface area (TPSA) is 149 Å². The number of hydrogen-bond donors (Lipinski definition) is 3. The van der Waals surface area contributed by atoms with Gasteiger partial charge in [0.1, 0.15) is 12.2 Å². The fourth-order valence-corrected chi connectivity index (χ4v) is 8.40. The van der Waals surface area contributed by atoms with Gasteiger partial charge in [-0.1, -0.05) is 224 Å². The van der Waals surface area contributed by atoms with E-state index in [0.717, 1.165) is 51.4 Å². The van der Waals surface area contributed by atoms with Crippen LogP contribution in [0.2, 0.25) is 0 Å². The number of hydrogen-bond acceptors (Lipinski definition) is 9. The summed E-state index contributed by atoms with van der Waals surface area (Å²) in [5.41, 5.74) is 0. The summed E-state index contributed by atoms with van der Waals surface area (Å²) < 4.78 is 32.7. The van der Waals surface area contributed by atoms with Gasteiger partial charge in [0.25, 0.3) is 0 Å². The smallest absolute Gasteiger partial charge is 0.457 e. The first-order valence-corrected chi connectivity index (χ1v) is 27.8. The minimum Gasteiger partial charge on any atom is -0.457 e. The minimum atomic E-state index is -4.64. The van der Waals surface area contributed by atoms with Crippen LogP contribution in [0.1, 0.15) is 258 Å². The number of esters is 2. The first kappa shape index (κ1) is 61.5. The highest BCUT2D eigenvalue weighted by molar-refractivity contribution is 7.47. The third kappa shape index (κ3) is 46.8. The first-order chi connectivity index (χ1) is 30.8. The number of unbranched alkanes of at least 4 members (excludes halogenated alkanes) is 32. The lowest BCUT2D eigenvalue weighted by Gasteiger charge is -2.20. The Balaban J connectivity index is 3.80. The molecule has 3 N–H and O–H groups in total. The largest absolute Gasteiger partial charge is 0.472 e. The maximum atomic E-state index is 12.4. The third-order valence-corrected chi connectivity index (χ3v) is 12.6. The Morgan fingerprint density at radius 3 is 1.02 bits per heavy atom. The molecule has 3 unspecified atom stereocenters. The molecule has 0 bridgehead atoms. The summed E-state index contributed by atoms with van der Waals surface area (Å²) in [5.74, 6) is -1.01. The number of carbonyl (C=O) groups is 2. The monoisotopic (exact) mass is 915 g/mol. The molecule has 3 atom stereocenters. The molecule has 10 nitrogen and oxygen atoms in total. The van der Waals surface area contributed by atoms with E-state index in [4.69, 9.17) is 18.5 Å². The first-order valence-electron chi connectivity index (χ1n) is 26.3. The van der Waals surface area contributed by atoms with E-state index in [-0.39, 0.29) is 12.8 Å². The molecule has 372 valence electrons. The molecule has 0 aromatic rings. The Bertz CT molecular complexity index is 1100. The number of ether oxygens (including phenoxy) is 2. The molecule has 0 aliphatic heterocycles. The van der Waals surface area contributed by atoms with E-state index < -0.39 is 58.4 Å². The third-order valence-electron chi connectivity index (χ3n) is 11.7. The second kappa shape index (κ2) is 48.4. The Morgan fingerprint density at radius 2 is 0.698 bits per heavy atom. The van der Waals surface area contributed by atoms with Gasteiger partial charge >= 0.3 is 19.8 Å². The van der Waals surface area contributed by atoms with Gasteiger partial charge in [0, 0.05) is 12.8 Å². The minimum absolute atomic E-state index is 0.190. The van der Waals surface area contributed by atoms with Crippen LogP contribution in [-0.2, 0) is 32.7 Å². The van der Waals surface area contributed by atoms with Gasteiger partial charge < -0.3 is 24.6 Å². The molecule has 0 heterocycles. The molecular formula is C52H99O10P. The average molecular weight is 915 g/mol. The van der Waals surface area contributed by atoms with Gasteiger partial charge in [-0.05, 0) is 44.9 Å². The fourth-order valence-electron chi connectivity index (χ4n) is 7.62. The molecular weight excluding hydrogens is 816 g/mol. The van der Waals surface area contributed by atoms with Crippen molar-refractivity contribution >= 4 is 19.8 Å². The van der Waals surface area contributed by atoms with Crippen molar-refractivity contribution in [1.29, 1.82) is 0 Å².